The van der Waals surface area contributed by atoms with E-state index in [2.05, 4.69) is 97.0 Å². The minimum atomic E-state index is 0.238. The molecule has 0 saturated carbocycles. The minimum absolute atomic E-state index is 0.238. The average molecular weight is 501 g/mol. The van der Waals surface area contributed by atoms with Crippen LogP contribution in [0.5, 0.6) is 0 Å². The molecule has 0 amide bonds. The van der Waals surface area contributed by atoms with Crippen LogP contribution in [0.2, 0.25) is 0 Å². The molecule has 1 aromatic heterocycles. The fraction of sp³-hybridized carbons (Fsp3) is 0.231. The lowest BCUT2D eigenvalue weighted by Gasteiger charge is -2.18. The molecule has 0 aliphatic heterocycles. The summed E-state index contributed by atoms with van der Waals surface area (Å²) in [6.45, 7) is 3.08. The molecule has 0 saturated heterocycles. The van der Waals surface area contributed by atoms with E-state index < -0.39 is 0 Å². The molecule has 0 radical (unpaired) electrons. The van der Waals surface area contributed by atoms with E-state index in [1.54, 1.807) is 11.3 Å². The van der Waals surface area contributed by atoms with Gasteiger partial charge in [0.05, 0.1) is 13.6 Å². The van der Waals surface area contributed by atoms with Crippen LogP contribution in [0.15, 0.2) is 37.9 Å². The van der Waals surface area contributed by atoms with Crippen LogP contribution in [0.25, 0.3) is 0 Å². The quantitative estimate of drug-likeness (QED) is 0.541. The average Bonchev–Trinajstić information content (AvgIpc) is 2.65. The zero-order valence-electron chi connectivity index (χ0n) is 9.71. The van der Waals surface area contributed by atoms with Crippen molar-refractivity contribution in [2.24, 2.45) is 0 Å². The van der Waals surface area contributed by atoms with Gasteiger partial charge in [-0.2, -0.15) is 0 Å². The smallest absolute Gasteiger partial charge is 0.0761 e. The highest BCUT2D eigenvalue weighted by Gasteiger charge is 2.18. The second-order valence-electron chi connectivity index (χ2n) is 3.83. The van der Waals surface area contributed by atoms with Crippen molar-refractivity contribution in [1.82, 2.24) is 5.32 Å². The maximum absolute atomic E-state index is 3.65. The van der Waals surface area contributed by atoms with Gasteiger partial charge in [0.2, 0.25) is 0 Å². The van der Waals surface area contributed by atoms with Crippen molar-refractivity contribution >= 4 is 65.8 Å². The van der Waals surface area contributed by atoms with Crippen molar-refractivity contribution in [3.05, 3.63) is 52.6 Å². The standard InChI is InChI=1S/C13H12Br2INS/c1-2-17-12(8-4-3-5-9(16)6-8)10-7-11(14)18-13(10)15/h3-7,12,17H,2H2,1H3. The van der Waals surface area contributed by atoms with Gasteiger partial charge in [0.25, 0.3) is 0 Å². The first kappa shape index (κ1) is 15.0. The van der Waals surface area contributed by atoms with Gasteiger partial charge in [-0.3, -0.25) is 0 Å². The third kappa shape index (κ3) is 3.56. The normalized spacial score (nSPS) is 12.7. The number of rotatable bonds is 4. The monoisotopic (exact) mass is 499 g/mol. The van der Waals surface area contributed by atoms with Gasteiger partial charge in [0.1, 0.15) is 0 Å². The van der Waals surface area contributed by atoms with E-state index in [-0.39, 0.29) is 6.04 Å². The fourth-order valence-electron chi connectivity index (χ4n) is 1.85. The number of hydrogen-bond acceptors (Lipinski definition) is 2. The van der Waals surface area contributed by atoms with E-state index in [0.717, 1.165) is 10.3 Å². The molecule has 1 aromatic carbocycles. The fourth-order valence-corrected chi connectivity index (χ4v) is 5.32. The Morgan fingerprint density at radius 3 is 2.67 bits per heavy atom. The molecule has 0 aliphatic carbocycles. The summed E-state index contributed by atoms with van der Waals surface area (Å²) in [5, 5.41) is 3.55. The van der Waals surface area contributed by atoms with Crippen molar-refractivity contribution in [3.63, 3.8) is 0 Å². The zero-order chi connectivity index (χ0) is 13.1. The van der Waals surface area contributed by atoms with Crippen molar-refractivity contribution < 1.29 is 0 Å². The molecule has 0 fully saturated rings. The maximum Gasteiger partial charge on any atom is 0.0761 e. The van der Waals surface area contributed by atoms with Crippen LogP contribution in [0.4, 0.5) is 0 Å². The van der Waals surface area contributed by atoms with Gasteiger partial charge in [-0.25, -0.2) is 0 Å². The van der Waals surface area contributed by atoms with Crippen LogP contribution >= 0.6 is 65.8 Å². The first-order valence-corrected chi connectivity index (χ1v) is 9.03. The predicted molar refractivity (Wildman–Crippen MR) is 94.4 cm³/mol. The first-order valence-electron chi connectivity index (χ1n) is 5.55. The Balaban J connectivity index is 2.42. The van der Waals surface area contributed by atoms with E-state index in [1.807, 2.05) is 0 Å². The van der Waals surface area contributed by atoms with Gasteiger partial charge in [-0.1, -0.05) is 19.1 Å². The van der Waals surface area contributed by atoms with Crippen molar-refractivity contribution in [3.8, 4) is 0 Å². The van der Waals surface area contributed by atoms with Crippen LogP contribution in [-0.2, 0) is 0 Å². The molecule has 18 heavy (non-hydrogen) atoms. The third-order valence-electron chi connectivity index (χ3n) is 2.58. The molecule has 0 bridgehead atoms. The Hall–Kier alpha value is 0.570. The first-order chi connectivity index (χ1) is 8.61. The summed E-state index contributed by atoms with van der Waals surface area (Å²) in [4.78, 5) is 0. The molecular weight excluding hydrogens is 489 g/mol. The van der Waals surface area contributed by atoms with Crippen LogP contribution in [-0.4, -0.2) is 6.54 Å². The van der Waals surface area contributed by atoms with E-state index >= 15 is 0 Å². The van der Waals surface area contributed by atoms with Crippen LogP contribution in [0.1, 0.15) is 24.1 Å². The molecule has 1 unspecified atom stereocenters. The number of nitrogens with one attached hydrogen (secondary N) is 1. The van der Waals surface area contributed by atoms with Crippen molar-refractivity contribution in [2.75, 3.05) is 6.54 Å². The molecule has 2 rings (SSSR count). The molecule has 1 heterocycles. The molecule has 1 nitrogen and oxygen atoms in total. The lowest BCUT2D eigenvalue weighted by atomic mass is 10.0. The number of thiophene rings is 1. The summed E-state index contributed by atoms with van der Waals surface area (Å²) in [5.41, 5.74) is 2.59. The van der Waals surface area contributed by atoms with Gasteiger partial charge in [-0.15, -0.1) is 11.3 Å². The summed E-state index contributed by atoms with van der Waals surface area (Å²) in [7, 11) is 0. The molecule has 96 valence electrons. The minimum Gasteiger partial charge on any atom is -0.306 e. The van der Waals surface area contributed by atoms with Gasteiger partial charge in [0, 0.05) is 3.57 Å². The summed E-state index contributed by atoms with van der Waals surface area (Å²) in [6.07, 6.45) is 0. The largest absolute Gasteiger partial charge is 0.306 e. The highest BCUT2D eigenvalue weighted by atomic mass is 127. The van der Waals surface area contributed by atoms with E-state index in [9.17, 15) is 0 Å². The second kappa shape index (κ2) is 6.83. The van der Waals surface area contributed by atoms with Crippen molar-refractivity contribution in [1.29, 1.82) is 0 Å². The van der Waals surface area contributed by atoms with Crippen LogP contribution in [0, 0.1) is 3.57 Å². The van der Waals surface area contributed by atoms with Gasteiger partial charge in [0.15, 0.2) is 0 Å². The van der Waals surface area contributed by atoms with Crippen LogP contribution in [0.3, 0.4) is 0 Å². The van der Waals surface area contributed by atoms with Gasteiger partial charge >= 0.3 is 0 Å². The predicted octanol–water partition coefficient (Wildman–Crippen LogP) is 5.58. The number of hydrogen-bond donors (Lipinski definition) is 1. The molecule has 1 atom stereocenters. The second-order valence-corrected chi connectivity index (χ2v) is 8.82. The van der Waals surface area contributed by atoms with E-state index in [1.165, 1.54) is 18.5 Å². The lowest BCUT2D eigenvalue weighted by Crippen LogP contribution is -2.21. The maximum atomic E-state index is 3.65. The summed E-state index contributed by atoms with van der Waals surface area (Å²) in [5.74, 6) is 0. The Labute approximate surface area is 142 Å². The highest BCUT2D eigenvalue weighted by Crippen LogP contribution is 2.38. The lowest BCUT2D eigenvalue weighted by molar-refractivity contribution is 0.630. The zero-order valence-corrected chi connectivity index (χ0v) is 15.9. The Morgan fingerprint density at radius 2 is 2.11 bits per heavy atom. The van der Waals surface area contributed by atoms with E-state index in [0.29, 0.717) is 0 Å². The SMILES string of the molecule is CCNC(c1cccc(I)c1)c1cc(Br)sc1Br. The van der Waals surface area contributed by atoms with Gasteiger partial charge in [-0.05, 0) is 90.3 Å². The summed E-state index contributed by atoms with van der Waals surface area (Å²) >= 11 is 11.3. The topological polar surface area (TPSA) is 12.0 Å². The van der Waals surface area contributed by atoms with Gasteiger partial charge < -0.3 is 5.32 Å². The molecule has 5 heteroatoms. The van der Waals surface area contributed by atoms with Crippen molar-refractivity contribution in [2.45, 2.75) is 13.0 Å². The Kier molecular flexibility index (Phi) is 5.68. The number of benzene rings is 1. The molecule has 1 N–H and O–H groups in total. The molecule has 0 spiro atoms. The summed E-state index contributed by atoms with van der Waals surface area (Å²) < 4.78 is 3.59. The molecule has 0 aliphatic rings. The molecule has 2 aromatic rings. The van der Waals surface area contributed by atoms with E-state index in [4.69, 9.17) is 0 Å². The molecular formula is C13H12Br2INS. The highest BCUT2D eigenvalue weighted by molar-refractivity contribution is 14.1. The third-order valence-corrected chi connectivity index (χ3v) is 5.64. The summed E-state index contributed by atoms with van der Waals surface area (Å²) in [6, 6.07) is 11.0. The Morgan fingerprint density at radius 1 is 1.33 bits per heavy atom. The van der Waals surface area contributed by atoms with Crippen LogP contribution < -0.4 is 5.32 Å². The Bertz CT molecular complexity index is 542. The number of halogens is 3.